The van der Waals surface area contributed by atoms with Crippen LogP contribution < -0.4 is 5.90 Å². The second kappa shape index (κ2) is 4.80. The lowest BCUT2D eigenvalue weighted by atomic mass is 10.1. The third-order valence-electron chi connectivity index (χ3n) is 1.56. The van der Waals surface area contributed by atoms with E-state index in [-0.39, 0.29) is 5.57 Å². The molecule has 0 saturated carbocycles. The largest absolute Gasteiger partial charge is 0.369 e. The molecule has 0 aromatic heterocycles. The van der Waals surface area contributed by atoms with Crippen molar-refractivity contribution in [3.05, 3.63) is 41.5 Å². The molecule has 1 aromatic carbocycles. The molecule has 4 heteroatoms. The standard InChI is InChI=1S/C10H8N2O2/c11-7-9(10(13)14-12)6-8-4-2-1-3-5-8/h1-6H,12H2. The highest BCUT2D eigenvalue weighted by atomic mass is 16.7. The molecule has 0 unspecified atom stereocenters. The zero-order chi connectivity index (χ0) is 10.4. The van der Waals surface area contributed by atoms with Crippen LogP contribution in [-0.2, 0) is 9.63 Å². The van der Waals surface area contributed by atoms with Crippen LogP contribution in [0.25, 0.3) is 6.08 Å². The molecule has 0 atom stereocenters. The van der Waals surface area contributed by atoms with Gasteiger partial charge in [0.1, 0.15) is 11.6 Å². The zero-order valence-corrected chi connectivity index (χ0v) is 7.31. The number of benzene rings is 1. The van der Waals surface area contributed by atoms with Crippen LogP contribution in [0.1, 0.15) is 5.56 Å². The highest BCUT2D eigenvalue weighted by molar-refractivity contribution is 5.97. The molecule has 70 valence electrons. The Kier molecular flexibility index (Phi) is 3.41. The Hall–Kier alpha value is -2.12. The van der Waals surface area contributed by atoms with E-state index >= 15 is 0 Å². The molecular formula is C10H8N2O2. The summed E-state index contributed by atoms with van der Waals surface area (Å²) in [6.45, 7) is 0. The summed E-state index contributed by atoms with van der Waals surface area (Å²) < 4.78 is 0. The molecule has 0 aliphatic heterocycles. The van der Waals surface area contributed by atoms with Crippen LogP contribution in [0.3, 0.4) is 0 Å². The van der Waals surface area contributed by atoms with Crippen LogP contribution in [0.5, 0.6) is 0 Å². The minimum Gasteiger partial charge on any atom is -0.369 e. The Morgan fingerprint density at radius 3 is 2.57 bits per heavy atom. The van der Waals surface area contributed by atoms with Gasteiger partial charge in [0.25, 0.3) is 0 Å². The van der Waals surface area contributed by atoms with Crippen molar-refractivity contribution < 1.29 is 9.63 Å². The van der Waals surface area contributed by atoms with Gasteiger partial charge in [0, 0.05) is 0 Å². The molecule has 0 amide bonds. The molecule has 0 radical (unpaired) electrons. The molecule has 4 nitrogen and oxygen atoms in total. The average molecular weight is 188 g/mol. The van der Waals surface area contributed by atoms with Gasteiger partial charge in [-0.3, -0.25) is 0 Å². The Morgan fingerprint density at radius 1 is 1.43 bits per heavy atom. The quantitative estimate of drug-likeness (QED) is 0.427. The minimum absolute atomic E-state index is 0.126. The van der Waals surface area contributed by atoms with E-state index in [0.29, 0.717) is 0 Å². The molecule has 0 aliphatic carbocycles. The van der Waals surface area contributed by atoms with Gasteiger partial charge in [-0.05, 0) is 11.6 Å². The zero-order valence-electron chi connectivity index (χ0n) is 7.31. The summed E-state index contributed by atoms with van der Waals surface area (Å²) in [6, 6.07) is 10.7. The Balaban J connectivity index is 2.97. The molecule has 2 N–H and O–H groups in total. The fourth-order valence-electron chi connectivity index (χ4n) is 0.916. The summed E-state index contributed by atoms with van der Waals surface area (Å²) in [7, 11) is 0. The number of carbonyl (C=O) groups is 1. The van der Waals surface area contributed by atoms with Crippen LogP contribution in [0.15, 0.2) is 35.9 Å². The van der Waals surface area contributed by atoms with Crippen LogP contribution in [0, 0.1) is 11.3 Å². The van der Waals surface area contributed by atoms with E-state index < -0.39 is 5.97 Å². The lowest BCUT2D eigenvalue weighted by Gasteiger charge is -1.95. The molecule has 0 spiro atoms. The Labute approximate surface area is 81.2 Å². The van der Waals surface area contributed by atoms with Crippen molar-refractivity contribution in [2.24, 2.45) is 5.90 Å². The Bertz CT molecular complexity index is 390. The molecule has 0 aliphatic rings. The van der Waals surface area contributed by atoms with Gasteiger partial charge >= 0.3 is 5.97 Å². The third-order valence-corrected chi connectivity index (χ3v) is 1.56. The van der Waals surface area contributed by atoms with E-state index in [9.17, 15) is 4.79 Å². The second-order valence-corrected chi connectivity index (χ2v) is 2.49. The fourth-order valence-corrected chi connectivity index (χ4v) is 0.916. The number of nitrogens with zero attached hydrogens (tertiary/aromatic N) is 1. The number of hydrogen-bond acceptors (Lipinski definition) is 4. The molecule has 1 rings (SSSR count). The lowest BCUT2D eigenvalue weighted by molar-refractivity contribution is -0.138. The maximum Gasteiger partial charge on any atom is 0.367 e. The summed E-state index contributed by atoms with van der Waals surface area (Å²) in [5.41, 5.74) is 0.619. The average Bonchev–Trinajstić information content (AvgIpc) is 2.26. The van der Waals surface area contributed by atoms with E-state index in [1.54, 1.807) is 30.3 Å². The normalized spacial score (nSPS) is 10.4. The van der Waals surface area contributed by atoms with Gasteiger partial charge in [-0.25, -0.2) is 4.79 Å². The SMILES string of the molecule is N#CC(=Cc1ccccc1)C(=O)ON. The first kappa shape index (κ1) is 9.96. The van der Waals surface area contributed by atoms with Crippen LogP contribution in [0.2, 0.25) is 0 Å². The predicted molar refractivity (Wildman–Crippen MR) is 50.3 cm³/mol. The topological polar surface area (TPSA) is 76.1 Å². The molecular weight excluding hydrogens is 180 g/mol. The number of carbonyl (C=O) groups excluding carboxylic acids is 1. The summed E-state index contributed by atoms with van der Waals surface area (Å²) in [5.74, 6) is 3.82. The van der Waals surface area contributed by atoms with Crippen molar-refractivity contribution in [1.82, 2.24) is 0 Å². The van der Waals surface area contributed by atoms with E-state index in [1.807, 2.05) is 6.07 Å². The van der Waals surface area contributed by atoms with E-state index in [4.69, 9.17) is 5.26 Å². The van der Waals surface area contributed by atoms with Gasteiger partial charge in [-0.15, -0.1) is 0 Å². The highest BCUT2D eigenvalue weighted by Gasteiger charge is 2.08. The van der Waals surface area contributed by atoms with Crippen molar-refractivity contribution in [2.45, 2.75) is 0 Å². The number of nitriles is 1. The first-order valence-corrected chi connectivity index (χ1v) is 3.86. The number of rotatable bonds is 2. The third kappa shape index (κ3) is 2.44. The molecule has 0 fully saturated rings. The van der Waals surface area contributed by atoms with Gasteiger partial charge in [-0.1, -0.05) is 30.3 Å². The van der Waals surface area contributed by atoms with Gasteiger partial charge in [0.05, 0.1) is 0 Å². The van der Waals surface area contributed by atoms with Gasteiger partial charge in [-0.2, -0.15) is 11.2 Å². The summed E-state index contributed by atoms with van der Waals surface area (Å²) in [6.07, 6.45) is 1.41. The van der Waals surface area contributed by atoms with Crippen molar-refractivity contribution in [2.75, 3.05) is 0 Å². The molecule has 1 aromatic rings. The van der Waals surface area contributed by atoms with Crippen molar-refractivity contribution in [3.63, 3.8) is 0 Å². The summed E-state index contributed by atoms with van der Waals surface area (Å²) in [4.78, 5) is 14.9. The monoisotopic (exact) mass is 188 g/mol. The van der Waals surface area contributed by atoms with E-state index in [1.165, 1.54) is 6.08 Å². The van der Waals surface area contributed by atoms with Gasteiger partial charge in [0.15, 0.2) is 0 Å². The number of hydrogen-bond donors (Lipinski definition) is 1. The minimum atomic E-state index is -0.837. The van der Waals surface area contributed by atoms with Crippen LogP contribution >= 0.6 is 0 Å². The maximum atomic E-state index is 10.9. The summed E-state index contributed by atoms with van der Waals surface area (Å²) in [5, 5.41) is 8.61. The Morgan fingerprint density at radius 2 is 2.07 bits per heavy atom. The van der Waals surface area contributed by atoms with Crippen molar-refractivity contribution in [3.8, 4) is 6.07 Å². The van der Waals surface area contributed by atoms with Gasteiger partial charge in [0.2, 0.25) is 0 Å². The molecule has 14 heavy (non-hydrogen) atoms. The lowest BCUT2D eigenvalue weighted by Crippen LogP contribution is -2.11. The predicted octanol–water partition coefficient (Wildman–Crippen LogP) is 1.01. The second-order valence-electron chi connectivity index (χ2n) is 2.49. The highest BCUT2D eigenvalue weighted by Crippen LogP contribution is 2.06. The first-order valence-electron chi connectivity index (χ1n) is 3.86. The van der Waals surface area contributed by atoms with Gasteiger partial charge < -0.3 is 4.84 Å². The number of nitrogens with two attached hydrogens (primary N) is 1. The van der Waals surface area contributed by atoms with E-state index in [0.717, 1.165) is 5.56 Å². The molecule has 0 saturated heterocycles. The van der Waals surface area contributed by atoms with Crippen molar-refractivity contribution in [1.29, 1.82) is 5.26 Å². The van der Waals surface area contributed by atoms with E-state index in [2.05, 4.69) is 10.7 Å². The summed E-state index contributed by atoms with van der Waals surface area (Å²) >= 11 is 0. The molecule has 0 heterocycles. The maximum absolute atomic E-state index is 10.9. The fraction of sp³-hybridized carbons (Fsp3) is 0. The first-order chi connectivity index (χ1) is 6.77. The molecule has 0 bridgehead atoms. The van der Waals surface area contributed by atoms with Crippen LogP contribution in [0.4, 0.5) is 0 Å². The van der Waals surface area contributed by atoms with Crippen molar-refractivity contribution >= 4 is 12.0 Å². The smallest absolute Gasteiger partial charge is 0.367 e. The van der Waals surface area contributed by atoms with Crippen LogP contribution in [-0.4, -0.2) is 5.97 Å².